The highest BCUT2D eigenvalue weighted by Gasteiger charge is 2.27. The second-order valence-electron chi connectivity index (χ2n) is 6.24. The van der Waals surface area contributed by atoms with Crippen LogP contribution in [0.5, 0.6) is 0 Å². The van der Waals surface area contributed by atoms with Gasteiger partial charge in [-0.05, 0) is 43.7 Å². The molecule has 0 aromatic rings. The van der Waals surface area contributed by atoms with E-state index in [1.807, 2.05) is 0 Å². The fraction of sp³-hybridized carbons (Fsp3) is 0.923. The summed E-state index contributed by atoms with van der Waals surface area (Å²) in [5.41, 5.74) is 5.93. The van der Waals surface area contributed by atoms with E-state index in [0.29, 0.717) is 12.0 Å². The molecule has 1 aliphatic heterocycles. The van der Waals surface area contributed by atoms with Crippen molar-refractivity contribution in [3.05, 3.63) is 0 Å². The molecular formula is C13H26N2O2. The SMILES string of the molecule is CC(C)(C)C1CCCN(CC(N)C(=O)O)CC1. The quantitative estimate of drug-likeness (QED) is 0.788. The Kier molecular flexibility index (Phi) is 4.95. The summed E-state index contributed by atoms with van der Waals surface area (Å²) in [4.78, 5) is 12.9. The van der Waals surface area contributed by atoms with Gasteiger partial charge in [-0.15, -0.1) is 0 Å². The molecule has 3 N–H and O–H groups in total. The Hall–Kier alpha value is -0.610. The number of likely N-dealkylation sites (tertiary alicyclic amines) is 1. The summed E-state index contributed by atoms with van der Waals surface area (Å²) in [5.74, 6) is -0.171. The lowest BCUT2D eigenvalue weighted by Crippen LogP contribution is -2.43. The molecule has 17 heavy (non-hydrogen) atoms. The zero-order valence-electron chi connectivity index (χ0n) is 11.3. The smallest absolute Gasteiger partial charge is 0.321 e. The molecule has 1 rings (SSSR count). The van der Waals surface area contributed by atoms with E-state index in [1.54, 1.807) is 0 Å². The lowest BCUT2D eigenvalue weighted by Gasteiger charge is -2.30. The molecule has 1 saturated heterocycles. The predicted octanol–water partition coefficient (Wildman–Crippen LogP) is 1.55. The van der Waals surface area contributed by atoms with Crippen LogP contribution in [-0.4, -0.2) is 41.7 Å². The summed E-state index contributed by atoms with van der Waals surface area (Å²) in [7, 11) is 0. The van der Waals surface area contributed by atoms with Gasteiger partial charge in [0.05, 0.1) is 0 Å². The van der Waals surface area contributed by atoms with Gasteiger partial charge >= 0.3 is 5.97 Å². The average Bonchev–Trinajstić information content (AvgIpc) is 2.42. The molecule has 100 valence electrons. The van der Waals surface area contributed by atoms with Crippen LogP contribution in [0, 0.1) is 11.3 Å². The van der Waals surface area contributed by atoms with Crippen molar-refractivity contribution in [3.63, 3.8) is 0 Å². The first-order chi connectivity index (χ1) is 7.80. The average molecular weight is 242 g/mol. The largest absolute Gasteiger partial charge is 0.480 e. The Labute approximate surface area is 104 Å². The van der Waals surface area contributed by atoms with Gasteiger partial charge in [0.1, 0.15) is 6.04 Å². The summed E-state index contributed by atoms with van der Waals surface area (Å²) in [6.07, 6.45) is 3.53. The van der Waals surface area contributed by atoms with E-state index in [9.17, 15) is 4.79 Å². The summed E-state index contributed by atoms with van der Waals surface area (Å²) in [6.45, 7) is 9.30. The van der Waals surface area contributed by atoms with Crippen molar-refractivity contribution in [1.29, 1.82) is 0 Å². The van der Waals surface area contributed by atoms with Crippen molar-refractivity contribution in [2.75, 3.05) is 19.6 Å². The minimum atomic E-state index is -0.901. The van der Waals surface area contributed by atoms with Gasteiger partial charge in [-0.1, -0.05) is 20.8 Å². The van der Waals surface area contributed by atoms with Crippen LogP contribution >= 0.6 is 0 Å². The van der Waals surface area contributed by atoms with Crippen molar-refractivity contribution in [3.8, 4) is 0 Å². The van der Waals surface area contributed by atoms with Crippen LogP contribution in [0.1, 0.15) is 40.0 Å². The number of carboxylic acids is 1. The molecule has 0 amide bonds. The molecule has 4 nitrogen and oxygen atoms in total. The van der Waals surface area contributed by atoms with Gasteiger partial charge in [0.15, 0.2) is 0 Å². The van der Waals surface area contributed by atoms with E-state index in [-0.39, 0.29) is 0 Å². The first-order valence-electron chi connectivity index (χ1n) is 6.51. The fourth-order valence-corrected chi connectivity index (χ4v) is 2.56. The Morgan fingerprint density at radius 3 is 2.59 bits per heavy atom. The van der Waals surface area contributed by atoms with Crippen LogP contribution in [0.4, 0.5) is 0 Å². The molecule has 2 atom stereocenters. The second kappa shape index (κ2) is 5.83. The normalized spacial score (nSPS) is 25.3. The van der Waals surface area contributed by atoms with Gasteiger partial charge in [-0.2, -0.15) is 0 Å². The maximum atomic E-state index is 10.7. The second-order valence-corrected chi connectivity index (χ2v) is 6.24. The van der Waals surface area contributed by atoms with E-state index >= 15 is 0 Å². The molecule has 1 aliphatic rings. The third-order valence-corrected chi connectivity index (χ3v) is 3.82. The number of nitrogens with zero attached hydrogens (tertiary/aromatic N) is 1. The Bertz CT molecular complexity index is 261. The zero-order valence-corrected chi connectivity index (χ0v) is 11.3. The molecule has 2 unspecified atom stereocenters. The van der Waals surface area contributed by atoms with Crippen molar-refractivity contribution in [2.45, 2.75) is 46.1 Å². The van der Waals surface area contributed by atoms with Gasteiger partial charge in [0.2, 0.25) is 0 Å². The number of hydrogen-bond acceptors (Lipinski definition) is 3. The molecule has 0 bridgehead atoms. The van der Waals surface area contributed by atoms with E-state index in [0.717, 1.165) is 31.8 Å². The number of carboxylic acid groups (broad SMARTS) is 1. The van der Waals surface area contributed by atoms with Gasteiger partial charge in [0, 0.05) is 6.54 Å². The maximum Gasteiger partial charge on any atom is 0.321 e. The molecule has 0 radical (unpaired) electrons. The number of nitrogens with two attached hydrogens (primary N) is 1. The minimum absolute atomic E-state index is 0.352. The molecular weight excluding hydrogens is 216 g/mol. The third kappa shape index (κ3) is 4.64. The van der Waals surface area contributed by atoms with Crippen molar-refractivity contribution >= 4 is 5.97 Å². The molecule has 0 aliphatic carbocycles. The lowest BCUT2D eigenvalue weighted by molar-refractivity contribution is -0.139. The Balaban J connectivity index is 2.45. The van der Waals surface area contributed by atoms with Crippen LogP contribution < -0.4 is 5.73 Å². The summed E-state index contributed by atoms with van der Waals surface area (Å²) in [5, 5.41) is 8.81. The predicted molar refractivity (Wildman–Crippen MR) is 68.8 cm³/mol. The molecule has 0 saturated carbocycles. The van der Waals surface area contributed by atoms with E-state index in [1.165, 1.54) is 6.42 Å². The van der Waals surface area contributed by atoms with Crippen LogP contribution in [0.2, 0.25) is 0 Å². The summed E-state index contributed by atoms with van der Waals surface area (Å²) < 4.78 is 0. The van der Waals surface area contributed by atoms with Gasteiger partial charge < -0.3 is 15.7 Å². The molecule has 4 heteroatoms. The summed E-state index contributed by atoms with van der Waals surface area (Å²) >= 11 is 0. The first kappa shape index (κ1) is 14.5. The summed E-state index contributed by atoms with van der Waals surface area (Å²) in [6, 6.07) is -0.749. The van der Waals surface area contributed by atoms with Crippen LogP contribution in [0.3, 0.4) is 0 Å². The van der Waals surface area contributed by atoms with Crippen LogP contribution in [0.15, 0.2) is 0 Å². The highest BCUT2D eigenvalue weighted by molar-refractivity contribution is 5.73. The minimum Gasteiger partial charge on any atom is -0.480 e. The van der Waals surface area contributed by atoms with Crippen molar-refractivity contribution in [1.82, 2.24) is 4.90 Å². The van der Waals surface area contributed by atoms with E-state index in [2.05, 4.69) is 25.7 Å². The number of carbonyl (C=O) groups is 1. The van der Waals surface area contributed by atoms with Gasteiger partial charge in [-0.25, -0.2) is 0 Å². The number of aliphatic carboxylic acids is 1. The lowest BCUT2D eigenvalue weighted by atomic mass is 9.77. The fourth-order valence-electron chi connectivity index (χ4n) is 2.56. The molecule has 0 aromatic heterocycles. The zero-order chi connectivity index (χ0) is 13.1. The maximum absolute atomic E-state index is 10.7. The van der Waals surface area contributed by atoms with Gasteiger partial charge in [0.25, 0.3) is 0 Å². The standard InChI is InChI=1S/C13H26N2O2/c1-13(2,3)10-5-4-7-15(8-6-10)9-11(14)12(16)17/h10-11H,4-9,14H2,1-3H3,(H,16,17). The Morgan fingerprint density at radius 2 is 2.06 bits per heavy atom. The number of rotatable bonds is 3. The third-order valence-electron chi connectivity index (χ3n) is 3.82. The molecule has 0 spiro atoms. The Morgan fingerprint density at radius 1 is 1.41 bits per heavy atom. The van der Waals surface area contributed by atoms with Gasteiger partial charge in [-0.3, -0.25) is 4.79 Å². The highest BCUT2D eigenvalue weighted by atomic mass is 16.4. The van der Waals surface area contributed by atoms with Crippen LogP contribution in [0.25, 0.3) is 0 Å². The van der Waals surface area contributed by atoms with E-state index in [4.69, 9.17) is 10.8 Å². The van der Waals surface area contributed by atoms with Crippen molar-refractivity contribution < 1.29 is 9.90 Å². The molecule has 1 heterocycles. The highest BCUT2D eigenvalue weighted by Crippen LogP contribution is 2.34. The molecule has 1 fully saturated rings. The monoisotopic (exact) mass is 242 g/mol. The number of hydrogen-bond donors (Lipinski definition) is 2. The van der Waals surface area contributed by atoms with Crippen LogP contribution in [-0.2, 0) is 4.79 Å². The molecule has 0 aromatic carbocycles. The van der Waals surface area contributed by atoms with Crippen molar-refractivity contribution in [2.24, 2.45) is 17.1 Å². The topological polar surface area (TPSA) is 66.6 Å². The first-order valence-corrected chi connectivity index (χ1v) is 6.51. The van der Waals surface area contributed by atoms with E-state index < -0.39 is 12.0 Å².